The maximum Gasteiger partial charge on any atom is 0.276 e. The predicted octanol–water partition coefficient (Wildman–Crippen LogP) is 1.70. The van der Waals surface area contributed by atoms with E-state index in [9.17, 15) is 4.79 Å². The number of hydrogen-bond acceptors (Lipinski definition) is 4. The largest absolute Gasteiger partial charge is 0.355 e. The monoisotopic (exact) mass is 295 g/mol. The van der Waals surface area contributed by atoms with E-state index in [1.54, 1.807) is 6.08 Å². The third-order valence-corrected chi connectivity index (χ3v) is 3.94. The summed E-state index contributed by atoms with van der Waals surface area (Å²) in [6.07, 6.45) is 7.98. The van der Waals surface area contributed by atoms with E-state index in [1.165, 1.54) is 12.8 Å². The van der Waals surface area contributed by atoms with E-state index < -0.39 is 0 Å². The fraction of sp³-hybridized carbons (Fsp3) is 0.312. The Bertz CT molecular complexity index is 813. The highest BCUT2D eigenvalue weighted by Gasteiger charge is 2.24. The van der Waals surface area contributed by atoms with E-state index in [4.69, 9.17) is 0 Å². The number of aliphatic imine (C=N–C) groups is 1. The normalized spacial score (nSPS) is 19.6. The molecule has 6 heteroatoms. The first kappa shape index (κ1) is 13.1. The van der Waals surface area contributed by atoms with E-state index in [-0.39, 0.29) is 5.91 Å². The number of amides is 1. The lowest BCUT2D eigenvalue weighted by atomic mass is 10.1. The van der Waals surface area contributed by atoms with Gasteiger partial charge in [0, 0.05) is 29.9 Å². The first-order chi connectivity index (χ1) is 10.7. The molecule has 4 rings (SSSR count). The lowest BCUT2D eigenvalue weighted by Gasteiger charge is -2.02. The Labute approximate surface area is 127 Å². The van der Waals surface area contributed by atoms with Gasteiger partial charge in [-0.15, -0.1) is 0 Å². The molecule has 0 saturated heterocycles. The second kappa shape index (κ2) is 4.98. The van der Waals surface area contributed by atoms with Crippen LogP contribution in [0.2, 0.25) is 0 Å². The lowest BCUT2D eigenvalue weighted by Crippen LogP contribution is -2.37. The summed E-state index contributed by atoms with van der Waals surface area (Å²) in [7, 11) is 0. The van der Waals surface area contributed by atoms with Crippen molar-refractivity contribution in [1.29, 1.82) is 0 Å². The Morgan fingerprint density at radius 2 is 2.32 bits per heavy atom. The van der Waals surface area contributed by atoms with Crippen LogP contribution in [0.25, 0.3) is 17.1 Å². The van der Waals surface area contributed by atoms with Gasteiger partial charge in [0.1, 0.15) is 11.3 Å². The Kier molecular flexibility index (Phi) is 2.96. The van der Waals surface area contributed by atoms with Crippen molar-refractivity contribution in [1.82, 2.24) is 20.6 Å². The van der Waals surface area contributed by atoms with Crippen LogP contribution in [0.15, 0.2) is 29.1 Å². The summed E-state index contributed by atoms with van der Waals surface area (Å²) in [6, 6.07) is 2.05. The van der Waals surface area contributed by atoms with Crippen molar-refractivity contribution in [3.8, 4) is 0 Å². The number of nitrogens with zero attached hydrogens (tertiary/aromatic N) is 2. The molecule has 0 spiro atoms. The van der Waals surface area contributed by atoms with Crippen LogP contribution in [0.1, 0.15) is 24.0 Å². The number of carbonyl (C=O) groups excluding carboxylic acids is 1. The molecule has 2 aromatic rings. The number of carbonyl (C=O) groups is 1. The number of nitrogens with one attached hydrogen (secondary N) is 3. The first-order valence-corrected chi connectivity index (χ1v) is 7.48. The van der Waals surface area contributed by atoms with Gasteiger partial charge in [0.05, 0.1) is 0 Å². The molecule has 1 amide bonds. The van der Waals surface area contributed by atoms with Crippen molar-refractivity contribution < 1.29 is 4.79 Å². The fourth-order valence-electron chi connectivity index (χ4n) is 2.51. The molecule has 1 fully saturated rings. The molecule has 0 radical (unpaired) electrons. The predicted molar refractivity (Wildman–Crippen MR) is 85.1 cm³/mol. The minimum Gasteiger partial charge on any atom is -0.355 e. The number of rotatable bonds is 3. The quantitative estimate of drug-likeness (QED) is 0.754. The van der Waals surface area contributed by atoms with Crippen LogP contribution in [-0.2, 0) is 4.79 Å². The molecule has 3 heterocycles. The average Bonchev–Trinajstić information content (AvgIpc) is 3.16. The summed E-state index contributed by atoms with van der Waals surface area (Å²) >= 11 is 0. The summed E-state index contributed by atoms with van der Waals surface area (Å²) in [4.78, 5) is 23.8. The second-order valence-corrected chi connectivity index (χ2v) is 5.92. The fourth-order valence-corrected chi connectivity index (χ4v) is 2.51. The van der Waals surface area contributed by atoms with Crippen molar-refractivity contribution in [3.05, 3.63) is 35.3 Å². The van der Waals surface area contributed by atoms with Crippen molar-refractivity contribution in [2.24, 2.45) is 10.9 Å². The maximum atomic E-state index is 12.0. The molecule has 1 aliphatic carbocycles. The highest BCUT2D eigenvalue weighted by molar-refractivity contribution is 6.14. The molecule has 1 saturated carbocycles. The van der Waals surface area contributed by atoms with Gasteiger partial charge >= 0.3 is 0 Å². The van der Waals surface area contributed by atoms with Gasteiger partial charge in [0.2, 0.25) is 5.96 Å². The summed E-state index contributed by atoms with van der Waals surface area (Å²) in [5, 5.41) is 6.95. The van der Waals surface area contributed by atoms with Crippen LogP contribution in [-0.4, -0.2) is 28.4 Å². The number of pyridine rings is 1. The Morgan fingerprint density at radius 1 is 1.45 bits per heavy atom. The second-order valence-electron chi connectivity index (χ2n) is 5.92. The summed E-state index contributed by atoms with van der Waals surface area (Å²) in [5.74, 6) is 1.11. The molecule has 0 bridgehead atoms. The standard InChI is InChI=1S/C16H17N5O/c1-9-4-12-11(8-18-14(12)17-6-9)5-13-15(22)21-16(20-13)19-7-10-2-3-10/h4-6,8,10H,2-3,7H2,1H3,(H,17,18)(H2,19,20,21,22). The molecule has 0 aromatic carbocycles. The molecular weight excluding hydrogens is 278 g/mol. The highest BCUT2D eigenvalue weighted by Crippen LogP contribution is 2.27. The Morgan fingerprint density at radius 3 is 3.14 bits per heavy atom. The van der Waals surface area contributed by atoms with Crippen molar-refractivity contribution in [2.45, 2.75) is 19.8 Å². The lowest BCUT2D eigenvalue weighted by molar-refractivity contribution is -0.115. The van der Waals surface area contributed by atoms with Crippen LogP contribution >= 0.6 is 0 Å². The molecular formula is C16H17N5O. The molecule has 22 heavy (non-hydrogen) atoms. The first-order valence-electron chi connectivity index (χ1n) is 7.48. The van der Waals surface area contributed by atoms with E-state index in [0.717, 1.165) is 34.6 Å². The van der Waals surface area contributed by atoms with Gasteiger partial charge in [-0.2, -0.15) is 0 Å². The number of hydrogen-bond donors (Lipinski definition) is 3. The van der Waals surface area contributed by atoms with Crippen LogP contribution in [0.3, 0.4) is 0 Å². The summed E-state index contributed by atoms with van der Waals surface area (Å²) in [5.41, 5.74) is 3.23. The van der Waals surface area contributed by atoms with E-state index in [0.29, 0.717) is 11.7 Å². The number of H-pyrrole nitrogens is 1. The third kappa shape index (κ3) is 2.47. The van der Waals surface area contributed by atoms with Gasteiger partial charge in [-0.3, -0.25) is 10.1 Å². The minimum absolute atomic E-state index is 0.173. The zero-order chi connectivity index (χ0) is 15.1. The zero-order valence-electron chi connectivity index (χ0n) is 12.3. The molecule has 6 nitrogen and oxygen atoms in total. The van der Waals surface area contributed by atoms with E-state index in [2.05, 4.69) is 25.6 Å². The molecule has 2 aliphatic rings. The third-order valence-electron chi connectivity index (χ3n) is 3.94. The van der Waals surface area contributed by atoms with Gasteiger partial charge in [-0.1, -0.05) is 0 Å². The van der Waals surface area contributed by atoms with Crippen LogP contribution in [0.5, 0.6) is 0 Å². The summed E-state index contributed by atoms with van der Waals surface area (Å²) in [6.45, 7) is 2.87. The van der Waals surface area contributed by atoms with Crippen LogP contribution in [0.4, 0.5) is 0 Å². The highest BCUT2D eigenvalue weighted by atomic mass is 16.2. The van der Waals surface area contributed by atoms with E-state index in [1.807, 2.05) is 25.4 Å². The van der Waals surface area contributed by atoms with Crippen LogP contribution < -0.4 is 10.6 Å². The minimum atomic E-state index is -0.173. The van der Waals surface area contributed by atoms with Gasteiger partial charge in [-0.25, -0.2) is 9.98 Å². The average molecular weight is 295 g/mol. The Hall–Kier alpha value is -2.63. The van der Waals surface area contributed by atoms with Gasteiger partial charge < -0.3 is 10.3 Å². The Balaban J connectivity index is 1.62. The zero-order valence-corrected chi connectivity index (χ0v) is 12.3. The molecule has 0 unspecified atom stereocenters. The number of fused-ring (bicyclic) bond motifs is 1. The number of aryl methyl sites for hydroxylation is 1. The molecule has 112 valence electrons. The number of guanidine groups is 1. The molecule has 0 atom stereocenters. The number of aromatic nitrogens is 2. The summed E-state index contributed by atoms with van der Waals surface area (Å²) < 4.78 is 0. The van der Waals surface area contributed by atoms with Crippen molar-refractivity contribution >= 4 is 29.0 Å². The van der Waals surface area contributed by atoms with E-state index >= 15 is 0 Å². The number of aromatic amines is 1. The van der Waals surface area contributed by atoms with Gasteiger partial charge in [-0.05, 0) is 43.4 Å². The molecule has 3 N–H and O–H groups in total. The smallest absolute Gasteiger partial charge is 0.276 e. The molecule has 2 aromatic heterocycles. The molecule has 1 aliphatic heterocycles. The van der Waals surface area contributed by atoms with Crippen LogP contribution in [0, 0.1) is 12.8 Å². The van der Waals surface area contributed by atoms with Gasteiger partial charge in [0.15, 0.2) is 0 Å². The maximum absolute atomic E-state index is 12.0. The topological polar surface area (TPSA) is 82.2 Å². The van der Waals surface area contributed by atoms with Crippen molar-refractivity contribution in [2.75, 3.05) is 6.54 Å². The van der Waals surface area contributed by atoms with Crippen molar-refractivity contribution in [3.63, 3.8) is 0 Å². The SMILES string of the molecule is Cc1cnc2[nH]cc(C=C3N=C(NCC4CC4)NC3=O)c2c1. The van der Waals surface area contributed by atoms with Gasteiger partial charge in [0.25, 0.3) is 5.91 Å².